The van der Waals surface area contributed by atoms with Crippen LogP contribution >= 0.6 is 0 Å². The summed E-state index contributed by atoms with van der Waals surface area (Å²) in [7, 11) is 1.72. The van der Waals surface area contributed by atoms with Gasteiger partial charge < -0.3 is 19.6 Å². The van der Waals surface area contributed by atoms with Gasteiger partial charge in [-0.15, -0.1) is 0 Å². The van der Waals surface area contributed by atoms with Crippen LogP contribution in [0.3, 0.4) is 0 Å². The predicted molar refractivity (Wildman–Crippen MR) is 79.5 cm³/mol. The van der Waals surface area contributed by atoms with Crippen LogP contribution in [0.4, 0.5) is 0 Å². The number of benzene rings is 1. The average Bonchev–Trinajstić information content (AvgIpc) is 2.81. The highest BCUT2D eigenvalue weighted by Gasteiger charge is 2.17. The van der Waals surface area contributed by atoms with Crippen LogP contribution in [0.25, 0.3) is 11.0 Å². The fourth-order valence-corrected chi connectivity index (χ4v) is 2.07. The van der Waals surface area contributed by atoms with Gasteiger partial charge in [0.1, 0.15) is 11.3 Å². The van der Waals surface area contributed by atoms with Gasteiger partial charge in [-0.25, -0.2) is 0 Å². The molecule has 1 aromatic carbocycles. The summed E-state index contributed by atoms with van der Waals surface area (Å²) in [5, 5.41) is 1.08. The molecule has 2 aromatic rings. The summed E-state index contributed by atoms with van der Waals surface area (Å²) in [6.45, 7) is 5.65. The molecule has 0 aliphatic rings. The molecule has 0 fully saturated rings. The Balaban J connectivity index is 2.02. The molecule has 0 unspecified atom stereocenters. The maximum atomic E-state index is 5.77. The standard InChI is InChI=1S/C16H23NO3/c1-16(2,18-3)8-9-19-11-13-12-6-4-5-7-14(12)20-15(13)10-17/h4-7H,8-11,17H2,1-3H3. The van der Waals surface area contributed by atoms with E-state index in [9.17, 15) is 0 Å². The van der Waals surface area contributed by atoms with Crippen molar-refractivity contribution in [2.24, 2.45) is 5.73 Å². The Labute approximate surface area is 119 Å². The molecule has 0 aliphatic carbocycles. The molecule has 0 aliphatic heterocycles. The van der Waals surface area contributed by atoms with E-state index in [0.29, 0.717) is 19.8 Å². The minimum Gasteiger partial charge on any atom is -0.459 e. The molecule has 0 saturated heterocycles. The highest BCUT2D eigenvalue weighted by molar-refractivity contribution is 5.82. The van der Waals surface area contributed by atoms with Crippen molar-refractivity contribution in [3.63, 3.8) is 0 Å². The Morgan fingerprint density at radius 3 is 2.70 bits per heavy atom. The monoisotopic (exact) mass is 277 g/mol. The predicted octanol–water partition coefficient (Wildman–Crippen LogP) is 3.22. The first-order valence-corrected chi connectivity index (χ1v) is 6.89. The van der Waals surface area contributed by atoms with Gasteiger partial charge in [0.25, 0.3) is 0 Å². The molecule has 4 heteroatoms. The summed E-state index contributed by atoms with van der Waals surface area (Å²) in [5.74, 6) is 0.803. The zero-order valence-electron chi connectivity index (χ0n) is 12.4. The molecule has 0 radical (unpaired) electrons. The Hall–Kier alpha value is -1.36. The van der Waals surface area contributed by atoms with Crippen LogP contribution in [0.15, 0.2) is 28.7 Å². The number of para-hydroxylation sites is 1. The zero-order chi connectivity index (χ0) is 14.6. The lowest BCUT2D eigenvalue weighted by atomic mass is 10.1. The zero-order valence-corrected chi connectivity index (χ0v) is 12.4. The Morgan fingerprint density at radius 1 is 1.25 bits per heavy atom. The lowest BCUT2D eigenvalue weighted by Gasteiger charge is -2.22. The SMILES string of the molecule is COC(C)(C)CCOCc1c(CN)oc2ccccc12. The molecule has 110 valence electrons. The van der Waals surface area contributed by atoms with Gasteiger partial charge in [0.15, 0.2) is 0 Å². The number of rotatable bonds is 7. The van der Waals surface area contributed by atoms with E-state index < -0.39 is 0 Å². The molecule has 0 bridgehead atoms. The smallest absolute Gasteiger partial charge is 0.134 e. The van der Waals surface area contributed by atoms with Crippen LogP contribution in [0, 0.1) is 0 Å². The number of ether oxygens (including phenoxy) is 2. The second kappa shape index (κ2) is 6.39. The second-order valence-corrected chi connectivity index (χ2v) is 5.47. The third-order valence-electron chi connectivity index (χ3n) is 3.61. The lowest BCUT2D eigenvalue weighted by molar-refractivity contribution is -0.0124. The van der Waals surface area contributed by atoms with Crippen LogP contribution in [-0.4, -0.2) is 19.3 Å². The first-order chi connectivity index (χ1) is 9.57. The average molecular weight is 277 g/mol. The summed E-state index contributed by atoms with van der Waals surface area (Å²) < 4.78 is 16.9. The summed E-state index contributed by atoms with van der Waals surface area (Å²) in [4.78, 5) is 0. The van der Waals surface area contributed by atoms with Crippen molar-refractivity contribution in [2.45, 2.75) is 39.0 Å². The van der Waals surface area contributed by atoms with E-state index in [1.54, 1.807) is 7.11 Å². The quantitative estimate of drug-likeness (QED) is 0.789. The minimum absolute atomic E-state index is 0.158. The Morgan fingerprint density at radius 2 is 2.00 bits per heavy atom. The Kier molecular flexibility index (Phi) is 4.81. The highest BCUT2D eigenvalue weighted by Crippen LogP contribution is 2.26. The molecule has 0 atom stereocenters. The van der Waals surface area contributed by atoms with E-state index in [1.165, 1.54) is 0 Å². The fourth-order valence-electron chi connectivity index (χ4n) is 2.07. The molecule has 2 N–H and O–H groups in total. The molecule has 0 amide bonds. The molecule has 20 heavy (non-hydrogen) atoms. The third-order valence-corrected chi connectivity index (χ3v) is 3.61. The van der Waals surface area contributed by atoms with E-state index in [-0.39, 0.29) is 5.60 Å². The molecule has 0 saturated carbocycles. The Bertz CT molecular complexity index is 560. The number of methoxy groups -OCH3 is 1. The molecule has 4 nitrogen and oxygen atoms in total. The van der Waals surface area contributed by atoms with Crippen LogP contribution in [0.1, 0.15) is 31.6 Å². The van der Waals surface area contributed by atoms with Gasteiger partial charge in [-0.3, -0.25) is 0 Å². The van der Waals surface area contributed by atoms with Crippen molar-refractivity contribution in [2.75, 3.05) is 13.7 Å². The number of nitrogens with two attached hydrogens (primary N) is 1. The maximum Gasteiger partial charge on any atom is 0.134 e. The van der Waals surface area contributed by atoms with Crippen molar-refractivity contribution >= 4 is 11.0 Å². The van der Waals surface area contributed by atoms with Crippen LogP contribution in [0.2, 0.25) is 0 Å². The molecule has 2 rings (SSSR count). The van der Waals surface area contributed by atoms with E-state index in [1.807, 2.05) is 24.3 Å². The van der Waals surface area contributed by atoms with Gasteiger partial charge in [-0.1, -0.05) is 18.2 Å². The summed E-state index contributed by atoms with van der Waals surface area (Å²) in [6, 6.07) is 7.94. The van der Waals surface area contributed by atoms with Gasteiger partial charge in [-0.05, 0) is 26.3 Å². The number of hydrogen-bond donors (Lipinski definition) is 1. The summed E-state index contributed by atoms with van der Waals surface area (Å²) in [5.41, 5.74) is 7.50. The van der Waals surface area contributed by atoms with Crippen molar-refractivity contribution in [3.8, 4) is 0 Å². The van der Waals surface area contributed by atoms with Crippen LogP contribution in [0.5, 0.6) is 0 Å². The van der Waals surface area contributed by atoms with Crippen LogP contribution in [-0.2, 0) is 22.6 Å². The third kappa shape index (κ3) is 3.39. The lowest BCUT2D eigenvalue weighted by Crippen LogP contribution is -2.24. The number of fused-ring (bicyclic) bond motifs is 1. The van der Waals surface area contributed by atoms with E-state index in [2.05, 4.69) is 13.8 Å². The van der Waals surface area contributed by atoms with Gasteiger partial charge >= 0.3 is 0 Å². The second-order valence-electron chi connectivity index (χ2n) is 5.47. The first-order valence-electron chi connectivity index (χ1n) is 6.89. The topological polar surface area (TPSA) is 57.6 Å². The summed E-state index contributed by atoms with van der Waals surface area (Å²) in [6.07, 6.45) is 0.844. The maximum absolute atomic E-state index is 5.77. The van der Waals surface area contributed by atoms with Gasteiger partial charge in [0.2, 0.25) is 0 Å². The van der Waals surface area contributed by atoms with E-state index in [4.69, 9.17) is 19.6 Å². The molecule has 0 spiro atoms. The van der Waals surface area contributed by atoms with Crippen molar-refractivity contribution in [1.82, 2.24) is 0 Å². The van der Waals surface area contributed by atoms with Gasteiger partial charge in [-0.2, -0.15) is 0 Å². The van der Waals surface area contributed by atoms with E-state index in [0.717, 1.165) is 28.7 Å². The highest BCUT2D eigenvalue weighted by atomic mass is 16.5. The number of hydrogen-bond acceptors (Lipinski definition) is 4. The van der Waals surface area contributed by atoms with Crippen molar-refractivity contribution in [3.05, 3.63) is 35.6 Å². The fraction of sp³-hybridized carbons (Fsp3) is 0.500. The van der Waals surface area contributed by atoms with Crippen LogP contribution < -0.4 is 5.73 Å². The molecular weight excluding hydrogens is 254 g/mol. The molecule has 1 heterocycles. The summed E-state index contributed by atoms with van der Waals surface area (Å²) >= 11 is 0. The minimum atomic E-state index is -0.158. The van der Waals surface area contributed by atoms with E-state index >= 15 is 0 Å². The van der Waals surface area contributed by atoms with Crippen molar-refractivity contribution < 1.29 is 13.9 Å². The molecule has 1 aromatic heterocycles. The normalized spacial score (nSPS) is 12.2. The largest absolute Gasteiger partial charge is 0.459 e. The number of furan rings is 1. The van der Waals surface area contributed by atoms with Gasteiger partial charge in [0.05, 0.1) is 18.8 Å². The molecular formula is C16H23NO3. The van der Waals surface area contributed by atoms with Gasteiger partial charge in [0, 0.05) is 24.7 Å². The van der Waals surface area contributed by atoms with Crippen molar-refractivity contribution in [1.29, 1.82) is 0 Å². The first kappa shape index (κ1) is 15.0.